The van der Waals surface area contributed by atoms with Crippen LogP contribution in [-0.2, 0) is 21.6 Å². The molecule has 0 radical (unpaired) electrons. The van der Waals surface area contributed by atoms with Crippen LogP contribution in [0.1, 0.15) is 114 Å². The van der Waals surface area contributed by atoms with Gasteiger partial charge in [0.15, 0.2) is 11.5 Å². The molecule has 2 aromatic carbocycles. The number of pyridine rings is 1. The maximum absolute atomic E-state index is 14.3. The molecule has 1 N–H and O–H groups in total. The molecule has 3 aliphatic rings. The van der Waals surface area contributed by atoms with Crippen LogP contribution in [-0.4, -0.2) is 67.0 Å². The van der Waals surface area contributed by atoms with E-state index in [1.54, 1.807) is 4.68 Å². The van der Waals surface area contributed by atoms with Crippen molar-refractivity contribution in [1.29, 1.82) is 0 Å². The Kier molecular flexibility index (Phi) is 10.4. The van der Waals surface area contributed by atoms with Gasteiger partial charge in [-0.3, -0.25) is 14.1 Å². The molecule has 0 spiro atoms. The van der Waals surface area contributed by atoms with Crippen molar-refractivity contribution in [2.75, 3.05) is 23.1 Å². The lowest BCUT2D eigenvalue weighted by Gasteiger charge is -2.39. The molecule has 2 saturated heterocycles. The van der Waals surface area contributed by atoms with E-state index in [9.17, 15) is 9.59 Å². The summed E-state index contributed by atoms with van der Waals surface area (Å²) in [7, 11) is 0. The Morgan fingerprint density at radius 2 is 1.68 bits per heavy atom. The number of benzene rings is 2. The Bertz CT molecular complexity index is 2180. The molecule has 13 nitrogen and oxygen atoms in total. The monoisotopic (exact) mass is 759 g/mol. The van der Waals surface area contributed by atoms with Crippen LogP contribution in [0.2, 0.25) is 0 Å². The van der Waals surface area contributed by atoms with Crippen LogP contribution >= 0.6 is 0 Å². The van der Waals surface area contributed by atoms with Crippen LogP contribution in [0.5, 0.6) is 5.75 Å². The molecule has 2 aliphatic heterocycles. The zero-order chi connectivity index (χ0) is 39.0. The number of nitrogens with zero attached hydrogens (tertiary/aromatic N) is 8. The second-order valence-corrected chi connectivity index (χ2v) is 16.6. The number of urea groups is 1. The summed E-state index contributed by atoms with van der Waals surface area (Å²) in [6, 6.07) is 21.7. The number of likely N-dealkylation sites (tertiary alicyclic amines) is 1. The first-order valence-electron chi connectivity index (χ1n) is 20.1. The van der Waals surface area contributed by atoms with Crippen LogP contribution in [0.15, 0.2) is 72.9 Å². The molecule has 2 fully saturated rings. The molecule has 294 valence electrons. The Morgan fingerprint density at radius 3 is 2.43 bits per heavy atom. The Morgan fingerprint density at radius 1 is 0.911 bits per heavy atom. The molecule has 13 heteroatoms. The van der Waals surface area contributed by atoms with Crippen molar-refractivity contribution in [3.63, 3.8) is 0 Å². The summed E-state index contributed by atoms with van der Waals surface area (Å²) in [5, 5.41) is 18.2. The summed E-state index contributed by atoms with van der Waals surface area (Å²) in [6.07, 6.45) is 8.89. The van der Waals surface area contributed by atoms with Gasteiger partial charge >= 0.3 is 12.5 Å². The first kappa shape index (κ1) is 37.5. The molecular formula is C43H53N9O4. The number of anilines is 2. The number of piperidine rings is 1. The van der Waals surface area contributed by atoms with Gasteiger partial charge in [0.1, 0.15) is 11.9 Å². The van der Waals surface area contributed by atoms with Crippen molar-refractivity contribution >= 4 is 29.9 Å². The number of hydroxylamine groups is 1. The van der Waals surface area contributed by atoms with Crippen LogP contribution in [0.4, 0.5) is 16.6 Å². The average Bonchev–Trinajstić information content (AvgIpc) is 3.96. The fraction of sp³-hybridized carbons (Fsp3) is 0.465. The molecule has 1 aliphatic carbocycles. The topological polar surface area (TPSA) is 122 Å². The second kappa shape index (κ2) is 15.6. The van der Waals surface area contributed by atoms with E-state index in [1.807, 2.05) is 59.1 Å². The van der Waals surface area contributed by atoms with Gasteiger partial charge in [0.05, 0.1) is 23.6 Å². The van der Waals surface area contributed by atoms with Gasteiger partial charge < -0.3 is 19.8 Å². The fourth-order valence-electron chi connectivity index (χ4n) is 8.62. The number of ether oxygens (including phenoxy) is 1. The maximum Gasteiger partial charge on any atom is 0.357 e. The summed E-state index contributed by atoms with van der Waals surface area (Å²) < 4.78 is 10.4. The van der Waals surface area contributed by atoms with Gasteiger partial charge in [-0.25, -0.2) is 9.48 Å². The molecule has 0 bridgehead atoms. The van der Waals surface area contributed by atoms with Gasteiger partial charge in [0.2, 0.25) is 5.95 Å². The number of aromatic nitrogens is 5. The number of carbonyl (C=O) groups is 2. The molecule has 56 heavy (non-hydrogen) atoms. The molecule has 4 atom stereocenters. The number of rotatable bonds is 10. The third-order valence-electron chi connectivity index (χ3n) is 11.6. The number of fused-ring (bicyclic) bond motifs is 2. The number of nitrogens with one attached hydrogen (secondary N) is 1. The van der Waals surface area contributed by atoms with Gasteiger partial charge in [0, 0.05) is 30.1 Å². The predicted octanol–water partition coefficient (Wildman–Crippen LogP) is 7.83. The van der Waals surface area contributed by atoms with Crippen molar-refractivity contribution < 1.29 is 19.2 Å². The highest BCUT2D eigenvalue weighted by molar-refractivity contribution is 5.90. The van der Waals surface area contributed by atoms with Crippen molar-refractivity contribution in [1.82, 2.24) is 34.6 Å². The third-order valence-corrected chi connectivity index (χ3v) is 11.6. The van der Waals surface area contributed by atoms with Crippen LogP contribution in [0.3, 0.4) is 0 Å². The van der Waals surface area contributed by atoms with E-state index in [1.165, 1.54) is 19.3 Å². The highest BCUT2D eigenvalue weighted by Crippen LogP contribution is 2.40. The van der Waals surface area contributed by atoms with Crippen LogP contribution in [0.25, 0.3) is 11.3 Å². The smallest absolute Gasteiger partial charge is 0.357 e. The quantitative estimate of drug-likeness (QED) is 0.112. The lowest BCUT2D eigenvalue weighted by atomic mass is 9.85. The SMILES string of the molecule is C[C@@H]1CCC[C@H](C)N1c1nnc2ccc(O[C@@H]3CC[C@H](NC(=O)N(OC=O)c4cc(C(C)(C)C)nn4-c4cccc(CN5CCCC5)c4)c4ccccc43)cn12. The minimum atomic E-state index is -0.571. The molecule has 0 unspecified atom stereocenters. The fourth-order valence-corrected chi connectivity index (χ4v) is 8.62. The van der Waals surface area contributed by atoms with Crippen molar-refractivity contribution in [3.8, 4) is 11.4 Å². The molecular weight excluding hydrogens is 707 g/mol. The summed E-state index contributed by atoms with van der Waals surface area (Å²) in [4.78, 5) is 36.6. The minimum Gasteiger partial charge on any atom is -0.484 e. The average molecular weight is 760 g/mol. The van der Waals surface area contributed by atoms with Crippen LogP contribution < -0.4 is 20.0 Å². The van der Waals surface area contributed by atoms with Gasteiger partial charge in [-0.1, -0.05) is 57.2 Å². The summed E-state index contributed by atoms with van der Waals surface area (Å²) in [6.45, 7) is 14.0. The molecule has 0 saturated carbocycles. The van der Waals surface area contributed by atoms with Gasteiger partial charge in [-0.2, -0.15) is 5.10 Å². The highest BCUT2D eigenvalue weighted by atomic mass is 16.7. The second-order valence-electron chi connectivity index (χ2n) is 16.6. The molecule has 2 amide bonds. The van der Waals surface area contributed by atoms with E-state index in [-0.39, 0.29) is 24.0 Å². The number of hydrogen-bond donors (Lipinski definition) is 1. The van der Waals surface area contributed by atoms with E-state index in [2.05, 4.69) is 78.1 Å². The largest absolute Gasteiger partial charge is 0.484 e. The Hall–Kier alpha value is -5.43. The lowest BCUT2D eigenvalue weighted by Crippen LogP contribution is -2.44. The number of carbonyl (C=O) groups excluding carboxylic acids is 2. The van der Waals surface area contributed by atoms with Gasteiger partial charge in [-0.15, -0.1) is 15.3 Å². The lowest BCUT2D eigenvalue weighted by molar-refractivity contribution is -0.129. The highest BCUT2D eigenvalue weighted by Gasteiger charge is 2.34. The summed E-state index contributed by atoms with van der Waals surface area (Å²) in [5.41, 5.74) is 5.06. The zero-order valence-electron chi connectivity index (χ0n) is 33.1. The third kappa shape index (κ3) is 7.56. The van der Waals surface area contributed by atoms with E-state index in [0.717, 1.165) is 83.0 Å². The molecule has 5 heterocycles. The van der Waals surface area contributed by atoms with Crippen molar-refractivity contribution in [2.24, 2.45) is 0 Å². The standard InChI is InChI=1S/C43H53N9O4/c1-29-12-10-13-30(2)50(29)41-46-45-39-21-18-33(27-49(39)41)56-37-20-19-36(34-16-6-7-17-35(34)37)44-42(54)52(55-28-53)40-25-38(43(3,4)5)47-51(40)32-15-11-14-31(24-32)26-48-22-8-9-23-48/h6-7,11,14-18,21,24-25,27-30,36-37H,8-10,12-13,19-20,22-23,26H2,1-5H3,(H,44,54)/t29-,30+,36-,37+/m0/s1. The minimum absolute atomic E-state index is 0.240. The summed E-state index contributed by atoms with van der Waals surface area (Å²) in [5.74, 6) is 1.89. The predicted molar refractivity (Wildman–Crippen MR) is 215 cm³/mol. The summed E-state index contributed by atoms with van der Waals surface area (Å²) >= 11 is 0. The Labute approximate surface area is 328 Å². The first-order chi connectivity index (χ1) is 27.1. The van der Waals surface area contributed by atoms with Gasteiger partial charge in [0.25, 0.3) is 0 Å². The maximum atomic E-state index is 14.3. The van der Waals surface area contributed by atoms with Gasteiger partial charge in [-0.05, 0) is 113 Å². The molecule has 8 rings (SSSR count). The van der Waals surface area contributed by atoms with Crippen LogP contribution in [0, 0.1) is 0 Å². The first-order valence-corrected chi connectivity index (χ1v) is 20.1. The Balaban J connectivity index is 1.04. The molecule has 3 aromatic heterocycles. The number of hydrogen-bond acceptors (Lipinski definition) is 9. The van der Waals surface area contributed by atoms with E-state index in [0.29, 0.717) is 30.7 Å². The van der Waals surface area contributed by atoms with E-state index < -0.39 is 6.03 Å². The van der Waals surface area contributed by atoms with Crippen molar-refractivity contribution in [2.45, 2.75) is 116 Å². The zero-order valence-corrected chi connectivity index (χ0v) is 33.1. The molecule has 5 aromatic rings. The van der Waals surface area contributed by atoms with Crippen molar-refractivity contribution in [3.05, 3.63) is 95.3 Å². The van der Waals surface area contributed by atoms with E-state index in [4.69, 9.17) is 14.7 Å². The number of amides is 2. The van der Waals surface area contributed by atoms with E-state index >= 15 is 0 Å². The normalized spacial score (nSPS) is 21.5.